The van der Waals surface area contributed by atoms with E-state index in [4.69, 9.17) is 15.0 Å². The predicted molar refractivity (Wildman–Crippen MR) is 324 cm³/mol. The largest absolute Gasteiger partial charge is 0.278 e. The van der Waals surface area contributed by atoms with Crippen LogP contribution in [0.2, 0.25) is 0 Å². The summed E-state index contributed by atoms with van der Waals surface area (Å²) in [6.07, 6.45) is 36.9. The van der Waals surface area contributed by atoms with E-state index >= 15 is 0 Å². The maximum Gasteiger partial charge on any atom is 0.238 e. The Balaban J connectivity index is 0.761. The predicted octanol–water partition coefficient (Wildman–Crippen LogP) is 18.4. The minimum atomic E-state index is -0.242. The van der Waals surface area contributed by atoms with E-state index in [1.165, 1.54) is 88.1 Å². The van der Waals surface area contributed by atoms with E-state index in [1.807, 2.05) is 48.2 Å². The van der Waals surface area contributed by atoms with E-state index < -0.39 is 0 Å². The molecular formula is C72H64N4S. The van der Waals surface area contributed by atoms with Crippen molar-refractivity contribution < 1.29 is 0 Å². The lowest BCUT2D eigenvalue weighted by Crippen LogP contribution is -2.23. The summed E-state index contributed by atoms with van der Waals surface area (Å²) in [5.74, 6) is 4.32. The van der Waals surface area contributed by atoms with E-state index in [1.54, 1.807) is 0 Å². The van der Waals surface area contributed by atoms with Crippen molar-refractivity contribution in [3.63, 3.8) is 0 Å². The third-order valence-electron chi connectivity index (χ3n) is 17.7. The number of aromatic nitrogens is 4. The van der Waals surface area contributed by atoms with Gasteiger partial charge in [-0.2, -0.15) is 9.97 Å². The van der Waals surface area contributed by atoms with Crippen LogP contribution < -0.4 is 0 Å². The normalized spacial score (nSPS) is 24.2. The molecule has 3 heterocycles. The van der Waals surface area contributed by atoms with E-state index in [0.717, 1.165) is 47.8 Å². The van der Waals surface area contributed by atoms with Crippen molar-refractivity contribution in [2.75, 3.05) is 0 Å². The van der Waals surface area contributed by atoms with Gasteiger partial charge in [0.05, 0.1) is 11.0 Å². The highest BCUT2D eigenvalue weighted by molar-refractivity contribution is 8.09. The van der Waals surface area contributed by atoms with Crippen LogP contribution in [0.3, 0.4) is 0 Å². The summed E-state index contributed by atoms with van der Waals surface area (Å²) in [7, 11) is 0. The van der Waals surface area contributed by atoms with Gasteiger partial charge >= 0.3 is 0 Å². The fraction of sp³-hybridized carbons (Fsp3) is 0.236. The average Bonchev–Trinajstić information content (AvgIpc) is 4.13. The van der Waals surface area contributed by atoms with Crippen molar-refractivity contribution >= 4 is 38.5 Å². The van der Waals surface area contributed by atoms with E-state index in [-0.39, 0.29) is 5.41 Å². The highest BCUT2D eigenvalue weighted by Gasteiger charge is 2.38. The Labute approximate surface area is 458 Å². The molecule has 2 aromatic heterocycles. The first-order valence-electron chi connectivity index (χ1n) is 28.0. The molecule has 5 heteroatoms. The van der Waals surface area contributed by atoms with E-state index in [0.29, 0.717) is 52.4 Å². The Hall–Kier alpha value is -7.60. The number of rotatable bonds is 8. The van der Waals surface area contributed by atoms with Crippen molar-refractivity contribution in [3.8, 4) is 39.9 Å². The Kier molecular flexibility index (Phi) is 11.7. The smallest absolute Gasteiger partial charge is 0.238 e. The van der Waals surface area contributed by atoms with Gasteiger partial charge in [-0.1, -0.05) is 203 Å². The van der Waals surface area contributed by atoms with Crippen molar-refractivity contribution in [1.29, 1.82) is 0 Å². The lowest BCUT2D eigenvalue weighted by molar-refractivity contribution is 0.381. The SMILES string of the molecule is CC1=CC(C2C=C(C3=CC(C)CC=C3C)C=C(C3=CC(C4=CC5SC(c6ccc7c(c6)C(C)(C)c6cc8c(cc6-7)c6ccccc6n8-c6nc(-c7ccccc7)nc(-c7ccccc7)n6)=CC5C=C4)=CCC3)C2)C(C)C=C1. The number of nitrogens with zero attached hydrogens (tertiary/aromatic N) is 4. The average molecular weight is 1020 g/mol. The van der Waals surface area contributed by atoms with Crippen LogP contribution in [-0.2, 0) is 5.41 Å². The van der Waals surface area contributed by atoms with Crippen molar-refractivity contribution in [2.24, 2.45) is 29.6 Å². The Morgan fingerprint density at radius 1 is 0.610 bits per heavy atom. The molecule has 6 aliphatic carbocycles. The Morgan fingerprint density at radius 3 is 2.14 bits per heavy atom. The quantitative estimate of drug-likeness (QED) is 0.152. The van der Waals surface area contributed by atoms with Crippen LogP contribution in [0.25, 0.3) is 66.6 Å². The first kappa shape index (κ1) is 47.8. The van der Waals surface area contributed by atoms with Gasteiger partial charge in [-0.15, -0.1) is 11.8 Å². The second-order valence-electron chi connectivity index (χ2n) is 23.3. The summed E-state index contributed by atoms with van der Waals surface area (Å²) in [6, 6.07) is 41.3. The molecule has 0 spiro atoms. The van der Waals surface area contributed by atoms with Crippen LogP contribution in [0.15, 0.2) is 239 Å². The molecule has 0 amide bonds. The molecule has 6 unspecified atom stereocenters. The third-order valence-corrected chi connectivity index (χ3v) is 19.1. The molecule has 0 N–H and O–H groups in total. The summed E-state index contributed by atoms with van der Waals surface area (Å²) in [4.78, 5) is 16.9. The summed E-state index contributed by atoms with van der Waals surface area (Å²) < 4.78 is 2.26. The summed E-state index contributed by atoms with van der Waals surface area (Å²) >= 11 is 2.03. The summed E-state index contributed by atoms with van der Waals surface area (Å²) in [5, 5.41) is 2.73. The molecular weight excluding hydrogens is 953 g/mol. The highest BCUT2D eigenvalue weighted by Crippen LogP contribution is 2.54. The molecule has 0 fully saturated rings. The van der Waals surface area contributed by atoms with Crippen molar-refractivity contribution in [3.05, 3.63) is 256 Å². The molecule has 14 rings (SSSR count). The number of hydrogen-bond acceptors (Lipinski definition) is 4. The van der Waals surface area contributed by atoms with Gasteiger partial charge in [0.2, 0.25) is 5.95 Å². The topological polar surface area (TPSA) is 43.6 Å². The lowest BCUT2D eigenvalue weighted by atomic mass is 9.70. The van der Waals surface area contributed by atoms with Crippen LogP contribution in [0.1, 0.15) is 83.9 Å². The van der Waals surface area contributed by atoms with Gasteiger partial charge in [0, 0.05) is 43.4 Å². The second-order valence-corrected chi connectivity index (χ2v) is 24.5. The summed E-state index contributed by atoms with van der Waals surface area (Å²) in [5.41, 5.74) is 21.9. The van der Waals surface area contributed by atoms with E-state index in [2.05, 4.69) is 204 Å². The van der Waals surface area contributed by atoms with Crippen LogP contribution in [0.5, 0.6) is 0 Å². The van der Waals surface area contributed by atoms with Crippen LogP contribution in [0.4, 0.5) is 0 Å². The second kappa shape index (κ2) is 18.8. The van der Waals surface area contributed by atoms with Gasteiger partial charge in [-0.25, -0.2) is 4.98 Å². The fourth-order valence-electron chi connectivity index (χ4n) is 13.5. The first-order valence-corrected chi connectivity index (χ1v) is 28.9. The maximum atomic E-state index is 5.23. The molecule has 4 nitrogen and oxygen atoms in total. The molecule has 378 valence electrons. The Bertz CT molecular complexity index is 3930. The zero-order valence-electron chi connectivity index (χ0n) is 45.0. The molecule has 0 radical (unpaired) electrons. The third kappa shape index (κ3) is 8.41. The molecule has 0 bridgehead atoms. The number of para-hydroxylation sites is 1. The van der Waals surface area contributed by atoms with Gasteiger partial charge in [-0.05, 0) is 154 Å². The molecule has 1 aliphatic heterocycles. The molecule has 7 aromatic rings. The van der Waals surface area contributed by atoms with Crippen LogP contribution in [-0.4, -0.2) is 24.8 Å². The summed E-state index contributed by atoms with van der Waals surface area (Å²) in [6.45, 7) is 14.1. The number of thioether (sulfide) groups is 1. The molecule has 7 aliphatic rings. The minimum absolute atomic E-state index is 0.242. The van der Waals surface area contributed by atoms with Crippen LogP contribution in [0, 0.1) is 29.6 Å². The first-order chi connectivity index (χ1) is 37.5. The van der Waals surface area contributed by atoms with Gasteiger partial charge in [0.1, 0.15) is 0 Å². The number of fused-ring (bicyclic) bond motifs is 7. The molecule has 6 atom stereocenters. The highest BCUT2D eigenvalue weighted by atomic mass is 32.2. The van der Waals surface area contributed by atoms with E-state index in [9.17, 15) is 0 Å². The zero-order chi connectivity index (χ0) is 52.1. The standard InChI is InChI=1S/C72H64N4S/c1-43-24-26-45(3)59(32-43)55-35-54(36-56(37-55)60-33-44(2)25-27-46(60)4)50-21-15-20-49(34-50)51-28-29-53-40-68(77-67(53)39-51)52-30-31-57-61-41-62-58-22-13-14-23-65(58)76(66(62)42-64(61)72(5,6)63(57)38-52)71-74-69(47-16-9-7-10-17-47)73-70(75-71)48-18-11-8-12-19-48/h7-14,16-20,22-24,26-34,36-42,44-45,53,55,59,67H,15,21,25,35H2,1-6H3. The minimum Gasteiger partial charge on any atom is -0.278 e. The number of benzene rings is 5. The van der Waals surface area contributed by atoms with Crippen LogP contribution >= 0.6 is 11.8 Å². The van der Waals surface area contributed by atoms with Crippen molar-refractivity contribution in [1.82, 2.24) is 19.5 Å². The van der Waals surface area contributed by atoms with Gasteiger partial charge < -0.3 is 0 Å². The maximum absolute atomic E-state index is 5.23. The van der Waals surface area contributed by atoms with Gasteiger partial charge in [0.25, 0.3) is 0 Å². The monoisotopic (exact) mass is 1020 g/mol. The van der Waals surface area contributed by atoms with Crippen molar-refractivity contribution in [2.45, 2.75) is 77.9 Å². The Morgan fingerprint density at radius 2 is 1.35 bits per heavy atom. The lowest BCUT2D eigenvalue weighted by Gasteiger charge is -2.34. The fourth-order valence-corrected chi connectivity index (χ4v) is 14.8. The van der Waals surface area contributed by atoms with Gasteiger partial charge in [0.15, 0.2) is 11.6 Å². The molecule has 77 heavy (non-hydrogen) atoms. The molecule has 0 saturated heterocycles. The molecule has 5 aromatic carbocycles. The molecule has 0 saturated carbocycles. The number of hydrogen-bond donors (Lipinski definition) is 0. The van der Waals surface area contributed by atoms with Gasteiger partial charge in [-0.3, -0.25) is 4.57 Å². The zero-order valence-corrected chi connectivity index (χ0v) is 45.8. The number of allylic oxidation sites excluding steroid dienone is 20.